The fourth-order valence-electron chi connectivity index (χ4n) is 2.66. The van der Waals surface area contributed by atoms with Crippen LogP contribution in [0.3, 0.4) is 0 Å². The molecule has 0 atom stereocenters. The number of ether oxygens (including phenoxy) is 1. The normalized spacial score (nSPS) is 10.9. The van der Waals surface area contributed by atoms with Crippen molar-refractivity contribution in [3.8, 4) is 11.8 Å². The third kappa shape index (κ3) is 2.98. The lowest BCUT2D eigenvalue weighted by atomic mass is 10.2. The van der Waals surface area contributed by atoms with Crippen LogP contribution >= 0.6 is 34.5 Å². The maximum atomic E-state index is 12.9. The minimum Gasteiger partial charge on any atom is -0.497 e. The van der Waals surface area contributed by atoms with E-state index in [1.165, 1.54) is 15.7 Å². The number of thiazole rings is 1. The molecule has 2 heterocycles. The summed E-state index contributed by atoms with van der Waals surface area (Å²) in [4.78, 5) is 17.8. The standard InChI is InChI=1S/C18H10Cl2N4O2S/c1-26-10-4-2-9(3-5-10)22-16-11(8-21)17(25)24-14-6-12(19)13(20)7-15(14)27-18(24)23-16/h2-7,22H,1H3. The predicted octanol–water partition coefficient (Wildman–Crippen LogP) is 4.84. The van der Waals surface area contributed by atoms with Gasteiger partial charge in [-0.05, 0) is 36.4 Å². The van der Waals surface area contributed by atoms with Crippen LogP contribution in [0.4, 0.5) is 11.5 Å². The largest absolute Gasteiger partial charge is 0.497 e. The third-order valence-corrected chi connectivity index (χ3v) is 5.69. The van der Waals surface area contributed by atoms with Crippen LogP contribution in [0.1, 0.15) is 5.56 Å². The zero-order valence-electron chi connectivity index (χ0n) is 13.8. The highest BCUT2D eigenvalue weighted by molar-refractivity contribution is 7.23. The molecule has 134 valence electrons. The minimum absolute atomic E-state index is 0.0888. The smallest absolute Gasteiger partial charge is 0.279 e. The monoisotopic (exact) mass is 416 g/mol. The first-order valence-corrected chi connectivity index (χ1v) is 9.24. The van der Waals surface area contributed by atoms with Crippen LogP contribution in [-0.4, -0.2) is 16.5 Å². The number of nitriles is 1. The SMILES string of the molecule is COc1ccc(Nc2nc3sc4cc(Cl)c(Cl)cc4n3c(=O)c2C#N)cc1. The van der Waals surface area contributed by atoms with E-state index in [0.717, 1.165) is 4.70 Å². The molecule has 0 amide bonds. The highest BCUT2D eigenvalue weighted by Gasteiger charge is 2.18. The van der Waals surface area contributed by atoms with E-state index in [-0.39, 0.29) is 11.4 Å². The molecule has 9 heteroatoms. The predicted molar refractivity (Wildman–Crippen MR) is 108 cm³/mol. The van der Waals surface area contributed by atoms with Crippen molar-refractivity contribution in [3.63, 3.8) is 0 Å². The lowest BCUT2D eigenvalue weighted by Crippen LogP contribution is -2.19. The quantitative estimate of drug-likeness (QED) is 0.516. The lowest BCUT2D eigenvalue weighted by molar-refractivity contribution is 0.415. The van der Waals surface area contributed by atoms with E-state index in [1.54, 1.807) is 43.5 Å². The van der Waals surface area contributed by atoms with Gasteiger partial charge in [-0.25, -0.2) is 9.38 Å². The summed E-state index contributed by atoms with van der Waals surface area (Å²) in [5.74, 6) is 0.888. The minimum atomic E-state index is -0.469. The summed E-state index contributed by atoms with van der Waals surface area (Å²) in [7, 11) is 1.58. The van der Waals surface area contributed by atoms with Gasteiger partial charge in [0.15, 0.2) is 16.3 Å². The van der Waals surface area contributed by atoms with Crippen LogP contribution in [0.2, 0.25) is 10.0 Å². The van der Waals surface area contributed by atoms with Gasteiger partial charge in [-0.2, -0.15) is 5.26 Å². The Labute approximate surface area is 167 Å². The van der Waals surface area contributed by atoms with Gasteiger partial charge in [0.2, 0.25) is 0 Å². The number of rotatable bonds is 3. The van der Waals surface area contributed by atoms with E-state index >= 15 is 0 Å². The molecular formula is C18H10Cl2N4O2S. The second-order valence-corrected chi connectivity index (χ2v) is 7.38. The average molecular weight is 417 g/mol. The molecule has 27 heavy (non-hydrogen) atoms. The fourth-order valence-corrected chi connectivity index (χ4v) is 4.08. The fraction of sp³-hybridized carbons (Fsp3) is 0.0556. The summed E-state index contributed by atoms with van der Waals surface area (Å²) in [6.07, 6.45) is 0. The number of methoxy groups -OCH3 is 1. The topological polar surface area (TPSA) is 79.4 Å². The van der Waals surface area contributed by atoms with Crippen LogP contribution in [0.25, 0.3) is 15.2 Å². The molecule has 6 nitrogen and oxygen atoms in total. The van der Waals surface area contributed by atoms with Gasteiger partial charge in [-0.3, -0.25) is 4.79 Å². The summed E-state index contributed by atoms with van der Waals surface area (Å²) in [6, 6.07) is 12.3. The van der Waals surface area contributed by atoms with Crippen LogP contribution in [0.5, 0.6) is 5.75 Å². The first-order valence-electron chi connectivity index (χ1n) is 7.67. The van der Waals surface area contributed by atoms with Crippen LogP contribution < -0.4 is 15.6 Å². The second-order valence-electron chi connectivity index (χ2n) is 5.56. The molecule has 0 fully saturated rings. The van der Waals surface area contributed by atoms with Crippen molar-refractivity contribution < 1.29 is 4.74 Å². The van der Waals surface area contributed by atoms with Gasteiger partial charge in [0.1, 0.15) is 11.8 Å². The number of aromatic nitrogens is 2. The van der Waals surface area contributed by atoms with Crippen molar-refractivity contribution >= 4 is 61.2 Å². The Kier molecular flexibility index (Phi) is 4.40. The first kappa shape index (κ1) is 17.6. The van der Waals surface area contributed by atoms with Crippen molar-refractivity contribution in [1.82, 2.24) is 9.38 Å². The Bertz CT molecular complexity index is 1290. The molecule has 0 unspecified atom stereocenters. The van der Waals surface area contributed by atoms with E-state index in [4.69, 9.17) is 27.9 Å². The van der Waals surface area contributed by atoms with Crippen molar-refractivity contribution in [2.45, 2.75) is 0 Å². The number of fused-ring (bicyclic) bond motifs is 3. The molecule has 0 aliphatic heterocycles. The van der Waals surface area contributed by atoms with Gasteiger partial charge in [-0.1, -0.05) is 34.5 Å². The molecule has 4 aromatic rings. The summed E-state index contributed by atoms with van der Waals surface area (Å²) in [5, 5.41) is 13.3. The van der Waals surface area contributed by atoms with Crippen molar-refractivity contribution in [2.24, 2.45) is 0 Å². The van der Waals surface area contributed by atoms with Gasteiger partial charge >= 0.3 is 0 Å². The van der Waals surface area contributed by atoms with E-state index in [9.17, 15) is 10.1 Å². The van der Waals surface area contributed by atoms with Gasteiger partial charge in [0.05, 0.1) is 27.4 Å². The lowest BCUT2D eigenvalue weighted by Gasteiger charge is -2.08. The highest BCUT2D eigenvalue weighted by Crippen LogP contribution is 2.33. The molecule has 0 spiro atoms. The van der Waals surface area contributed by atoms with E-state index < -0.39 is 5.56 Å². The number of hydrogen-bond acceptors (Lipinski definition) is 6. The Balaban J connectivity index is 1.92. The van der Waals surface area contributed by atoms with Crippen LogP contribution in [0, 0.1) is 11.3 Å². The Morgan fingerprint density at radius 2 is 1.93 bits per heavy atom. The maximum absolute atomic E-state index is 12.9. The molecule has 2 aromatic carbocycles. The summed E-state index contributed by atoms with van der Waals surface area (Å²) >= 11 is 13.4. The molecular weight excluding hydrogens is 407 g/mol. The molecule has 0 aliphatic rings. The molecule has 0 bridgehead atoms. The molecule has 0 saturated heterocycles. The molecule has 1 N–H and O–H groups in total. The van der Waals surface area contributed by atoms with Gasteiger partial charge in [-0.15, -0.1) is 0 Å². The van der Waals surface area contributed by atoms with Gasteiger partial charge < -0.3 is 10.1 Å². The van der Waals surface area contributed by atoms with Crippen LogP contribution in [0.15, 0.2) is 41.2 Å². The maximum Gasteiger partial charge on any atom is 0.279 e. The number of anilines is 2. The van der Waals surface area contributed by atoms with Crippen molar-refractivity contribution in [3.05, 3.63) is 62.4 Å². The Morgan fingerprint density at radius 3 is 2.59 bits per heavy atom. The second kappa shape index (κ2) is 6.74. The van der Waals surface area contributed by atoms with Gasteiger partial charge in [0.25, 0.3) is 5.56 Å². The number of nitrogens with one attached hydrogen (secondary N) is 1. The van der Waals surface area contributed by atoms with Crippen molar-refractivity contribution in [1.29, 1.82) is 5.26 Å². The molecule has 2 aromatic heterocycles. The third-order valence-electron chi connectivity index (χ3n) is 3.96. The molecule has 0 radical (unpaired) electrons. The summed E-state index contributed by atoms with van der Waals surface area (Å²) < 4.78 is 7.25. The van der Waals surface area contributed by atoms with Gasteiger partial charge in [0, 0.05) is 5.69 Å². The molecule has 0 aliphatic carbocycles. The molecule has 4 rings (SSSR count). The summed E-state index contributed by atoms with van der Waals surface area (Å²) in [6.45, 7) is 0. The number of nitrogens with zero attached hydrogens (tertiary/aromatic N) is 3. The van der Waals surface area contributed by atoms with E-state index in [2.05, 4.69) is 10.3 Å². The van der Waals surface area contributed by atoms with Crippen molar-refractivity contribution in [2.75, 3.05) is 12.4 Å². The first-order chi connectivity index (χ1) is 13.0. The number of hydrogen-bond donors (Lipinski definition) is 1. The number of halogens is 2. The highest BCUT2D eigenvalue weighted by atomic mass is 35.5. The molecule has 0 saturated carbocycles. The van der Waals surface area contributed by atoms with E-state index in [0.29, 0.717) is 32.0 Å². The Hall–Kier alpha value is -2.79. The average Bonchev–Trinajstić information content (AvgIpc) is 3.00. The van der Waals surface area contributed by atoms with E-state index in [1.807, 2.05) is 6.07 Å². The Morgan fingerprint density at radius 1 is 1.22 bits per heavy atom. The zero-order chi connectivity index (χ0) is 19.1. The zero-order valence-corrected chi connectivity index (χ0v) is 16.1. The van der Waals surface area contributed by atoms with Crippen LogP contribution in [-0.2, 0) is 0 Å². The number of benzene rings is 2. The summed E-state index contributed by atoms with van der Waals surface area (Å²) in [5.41, 5.74) is 0.683.